The van der Waals surface area contributed by atoms with E-state index >= 15 is 0 Å². The van der Waals surface area contributed by atoms with Gasteiger partial charge in [-0.05, 0) is 5.56 Å². The van der Waals surface area contributed by atoms with E-state index in [0.717, 1.165) is 5.56 Å². The van der Waals surface area contributed by atoms with Gasteiger partial charge in [0.2, 0.25) is 11.8 Å². The van der Waals surface area contributed by atoms with Crippen LogP contribution in [0.2, 0.25) is 0 Å². The van der Waals surface area contributed by atoms with Gasteiger partial charge < -0.3 is 15.0 Å². The van der Waals surface area contributed by atoms with E-state index in [0.29, 0.717) is 32.7 Å². The summed E-state index contributed by atoms with van der Waals surface area (Å²) in [6.07, 6.45) is 0.302. The van der Waals surface area contributed by atoms with Gasteiger partial charge in [0.15, 0.2) is 0 Å². The fourth-order valence-corrected chi connectivity index (χ4v) is 1.77. The number of carbonyl (C=O) groups is 2. The highest BCUT2D eigenvalue weighted by Gasteiger charge is 2.11. The SMILES string of the molecule is COCCNC(=O)CCN(Cc1ccccc1)C(C)=O. The highest BCUT2D eigenvalue weighted by atomic mass is 16.5. The minimum absolute atomic E-state index is 0.0291. The maximum atomic E-state index is 11.6. The molecule has 0 heterocycles. The van der Waals surface area contributed by atoms with Gasteiger partial charge in [-0.1, -0.05) is 30.3 Å². The highest BCUT2D eigenvalue weighted by molar-refractivity contribution is 5.78. The molecule has 5 heteroatoms. The summed E-state index contributed by atoms with van der Waals surface area (Å²) in [4.78, 5) is 24.9. The summed E-state index contributed by atoms with van der Waals surface area (Å²) in [5.41, 5.74) is 1.06. The van der Waals surface area contributed by atoms with Crippen LogP contribution >= 0.6 is 0 Å². The summed E-state index contributed by atoms with van der Waals surface area (Å²) < 4.78 is 4.86. The molecule has 0 atom stereocenters. The minimum Gasteiger partial charge on any atom is -0.383 e. The summed E-state index contributed by atoms with van der Waals surface area (Å²) in [6, 6.07) is 9.74. The van der Waals surface area contributed by atoms with Crippen molar-refractivity contribution in [1.82, 2.24) is 10.2 Å². The molecule has 1 rings (SSSR count). The molecule has 0 aliphatic heterocycles. The van der Waals surface area contributed by atoms with Crippen molar-refractivity contribution in [2.45, 2.75) is 19.9 Å². The average molecular weight is 278 g/mol. The zero-order valence-electron chi connectivity index (χ0n) is 12.1. The first kappa shape index (κ1) is 16.2. The van der Waals surface area contributed by atoms with E-state index in [-0.39, 0.29) is 11.8 Å². The van der Waals surface area contributed by atoms with Gasteiger partial charge in [0.1, 0.15) is 0 Å². The van der Waals surface area contributed by atoms with Crippen LogP contribution in [-0.4, -0.2) is 43.5 Å². The Morgan fingerprint density at radius 2 is 1.95 bits per heavy atom. The number of rotatable bonds is 8. The van der Waals surface area contributed by atoms with Gasteiger partial charge in [-0.25, -0.2) is 0 Å². The van der Waals surface area contributed by atoms with Crippen LogP contribution in [0.1, 0.15) is 18.9 Å². The summed E-state index contributed by atoms with van der Waals surface area (Å²) in [5, 5.41) is 2.74. The number of ether oxygens (including phenoxy) is 1. The molecule has 2 amide bonds. The van der Waals surface area contributed by atoms with E-state index in [2.05, 4.69) is 5.32 Å². The first-order chi connectivity index (χ1) is 9.63. The van der Waals surface area contributed by atoms with E-state index in [4.69, 9.17) is 4.74 Å². The Kier molecular flexibility index (Phi) is 7.35. The third-order valence-corrected chi connectivity index (χ3v) is 2.90. The van der Waals surface area contributed by atoms with Crippen LogP contribution in [0.25, 0.3) is 0 Å². The average Bonchev–Trinajstić information content (AvgIpc) is 2.44. The summed E-state index contributed by atoms with van der Waals surface area (Å²) in [5.74, 6) is -0.0973. The van der Waals surface area contributed by atoms with Gasteiger partial charge >= 0.3 is 0 Å². The predicted molar refractivity (Wildman–Crippen MR) is 77.0 cm³/mol. The zero-order valence-corrected chi connectivity index (χ0v) is 12.1. The largest absolute Gasteiger partial charge is 0.383 e. The Morgan fingerprint density at radius 3 is 2.55 bits per heavy atom. The molecule has 0 fully saturated rings. The van der Waals surface area contributed by atoms with Crippen LogP contribution in [0.15, 0.2) is 30.3 Å². The first-order valence-corrected chi connectivity index (χ1v) is 6.68. The Morgan fingerprint density at radius 1 is 1.25 bits per heavy atom. The number of benzene rings is 1. The maximum absolute atomic E-state index is 11.6. The summed E-state index contributed by atoms with van der Waals surface area (Å²) >= 11 is 0. The molecule has 0 unspecified atom stereocenters. The van der Waals surface area contributed by atoms with Crippen molar-refractivity contribution in [3.63, 3.8) is 0 Å². The number of hydrogen-bond donors (Lipinski definition) is 1. The fraction of sp³-hybridized carbons (Fsp3) is 0.467. The van der Waals surface area contributed by atoms with Crippen molar-refractivity contribution in [2.24, 2.45) is 0 Å². The third kappa shape index (κ3) is 6.33. The number of nitrogens with zero attached hydrogens (tertiary/aromatic N) is 1. The van der Waals surface area contributed by atoms with E-state index in [1.807, 2.05) is 30.3 Å². The number of amides is 2. The quantitative estimate of drug-likeness (QED) is 0.727. The van der Waals surface area contributed by atoms with Gasteiger partial charge in [-0.2, -0.15) is 0 Å². The van der Waals surface area contributed by atoms with E-state index in [9.17, 15) is 9.59 Å². The summed E-state index contributed by atoms with van der Waals surface area (Å²) in [6.45, 7) is 3.45. The second-order valence-corrected chi connectivity index (χ2v) is 4.52. The van der Waals surface area contributed by atoms with Gasteiger partial charge in [0, 0.05) is 40.1 Å². The normalized spacial score (nSPS) is 10.1. The highest BCUT2D eigenvalue weighted by Crippen LogP contribution is 2.05. The molecule has 0 aromatic heterocycles. The van der Waals surface area contributed by atoms with Gasteiger partial charge in [0.25, 0.3) is 0 Å². The molecule has 20 heavy (non-hydrogen) atoms. The lowest BCUT2D eigenvalue weighted by Crippen LogP contribution is -2.34. The Balaban J connectivity index is 2.40. The third-order valence-electron chi connectivity index (χ3n) is 2.90. The number of carbonyl (C=O) groups excluding carboxylic acids is 2. The predicted octanol–water partition coefficient (Wildman–Crippen LogP) is 1.19. The number of methoxy groups -OCH3 is 1. The summed E-state index contributed by atoms with van der Waals surface area (Å²) in [7, 11) is 1.59. The van der Waals surface area contributed by atoms with Crippen LogP contribution in [0.4, 0.5) is 0 Å². The molecule has 5 nitrogen and oxygen atoms in total. The lowest BCUT2D eigenvalue weighted by molar-refractivity contribution is -0.130. The van der Waals surface area contributed by atoms with Crippen LogP contribution in [0.5, 0.6) is 0 Å². The Hall–Kier alpha value is -1.88. The molecular formula is C15H22N2O3. The molecule has 1 aromatic carbocycles. The van der Waals surface area contributed by atoms with E-state index in [1.165, 1.54) is 6.92 Å². The van der Waals surface area contributed by atoms with Crippen molar-refractivity contribution in [2.75, 3.05) is 26.8 Å². The lowest BCUT2D eigenvalue weighted by Gasteiger charge is -2.21. The van der Waals surface area contributed by atoms with Crippen LogP contribution in [0, 0.1) is 0 Å². The molecule has 1 N–H and O–H groups in total. The monoisotopic (exact) mass is 278 g/mol. The van der Waals surface area contributed by atoms with E-state index in [1.54, 1.807) is 12.0 Å². The molecule has 0 saturated heterocycles. The Labute approximate surface area is 119 Å². The molecule has 0 radical (unpaired) electrons. The van der Waals surface area contributed by atoms with E-state index < -0.39 is 0 Å². The molecule has 1 aromatic rings. The van der Waals surface area contributed by atoms with Crippen molar-refractivity contribution < 1.29 is 14.3 Å². The maximum Gasteiger partial charge on any atom is 0.221 e. The smallest absolute Gasteiger partial charge is 0.221 e. The van der Waals surface area contributed by atoms with Crippen LogP contribution < -0.4 is 5.32 Å². The van der Waals surface area contributed by atoms with Crippen LogP contribution in [-0.2, 0) is 20.9 Å². The lowest BCUT2D eigenvalue weighted by atomic mass is 10.2. The van der Waals surface area contributed by atoms with Crippen LogP contribution in [0.3, 0.4) is 0 Å². The second-order valence-electron chi connectivity index (χ2n) is 4.52. The van der Waals surface area contributed by atoms with Gasteiger partial charge in [-0.15, -0.1) is 0 Å². The number of nitrogens with one attached hydrogen (secondary N) is 1. The van der Waals surface area contributed by atoms with Gasteiger partial charge in [-0.3, -0.25) is 9.59 Å². The van der Waals surface area contributed by atoms with Crippen molar-refractivity contribution in [3.05, 3.63) is 35.9 Å². The van der Waals surface area contributed by atoms with Crippen molar-refractivity contribution in [3.8, 4) is 0 Å². The second kappa shape index (κ2) is 9.09. The minimum atomic E-state index is -0.0682. The fourth-order valence-electron chi connectivity index (χ4n) is 1.77. The molecule has 0 spiro atoms. The van der Waals surface area contributed by atoms with Crippen molar-refractivity contribution in [1.29, 1.82) is 0 Å². The Bertz CT molecular complexity index is 420. The zero-order chi connectivity index (χ0) is 14.8. The van der Waals surface area contributed by atoms with Crippen molar-refractivity contribution >= 4 is 11.8 Å². The molecule has 0 bridgehead atoms. The molecule has 0 aliphatic carbocycles. The molecule has 0 aliphatic rings. The first-order valence-electron chi connectivity index (χ1n) is 6.68. The van der Waals surface area contributed by atoms with Gasteiger partial charge in [0.05, 0.1) is 6.61 Å². The molecular weight excluding hydrogens is 256 g/mol. The molecule has 0 saturated carbocycles. The topological polar surface area (TPSA) is 58.6 Å². The molecule has 110 valence electrons. The number of hydrogen-bond acceptors (Lipinski definition) is 3. The standard InChI is InChI=1S/C15H22N2O3/c1-13(18)17(12-14-6-4-3-5-7-14)10-8-15(19)16-9-11-20-2/h3-7H,8-12H2,1-2H3,(H,16,19).